The molecule has 0 saturated heterocycles. The van der Waals surface area contributed by atoms with Crippen molar-refractivity contribution in [1.82, 2.24) is 24.8 Å². The highest BCUT2D eigenvalue weighted by molar-refractivity contribution is 6.28. The quantitative estimate of drug-likeness (QED) is 0.792. The molecule has 0 atom stereocenters. The van der Waals surface area contributed by atoms with Gasteiger partial charge in [-0.1, -0.05) is 0 Å². The highest BCUT2D eigenvalue weighted by Gasteiger charge is 2.11. The molecular formula is C12H17ClN6O. The predicted octanol–water partition coefficient (Wildman–Crippen LogP) is 1.68. The summed E-state index contributed by atoms with van der Waals surface area (Å²) in [5.41, 5.74) is 1.19. The van der Waals surface area contributed by atoms with Gasteiger partial charge in [-0.3, -0.25) is 4.79 Å². The normalized spacial score (nSPS) is 10.8. The average Bonchev–Trinajstić information content (AvgIpc) is 2.88. The minimum absolute atomic E-state index is 0.114. The number of H-pyrrole nitrogens is 1. The van der Waals surface area contributed by atoms with Crippen LogP contribution in [0.5, 0.6) is 0 Å². The molecule has 20 heavy (non-hydrogen) atoms. The Morgan fingerprint density at radius 3 is 2.85 bits per heavy atom. The van der Waals surface area contributed by atoms with E-state index < -0.39 is 0 Å². The summed E-state index contributed by atoms with van der Waals surface area (Å²) >= 11 is 5.83. The van der Waals surface area contributed by atoms with E-state index in [0.717, 1.165) is 13.1 Å². The van der Waals surface area contributed by atoms with Crippen molar-refractivity contribution in [2.45, 2.75) is 20.3 Å². The van der Waals surface area contributed by atoms with E-state index in [2.05, 4.69) is 25.3 Å². The molecule has 0 radical (unpaired) electrons. The Labute approximate surface area is 121 Å². The summed E-state index contributed by atoms with van der Waals surface area (Å²) in [6.07, 6.45) is 1.93. The van der Waals surface area contributed by atoms with E-state index in [1.54, 1.807) is 4.90 Å². The van der Waals surface area contributed by atoms with Gasteiger partial charge in [-0.25, -0.2) is 4.98 Å². The third kappa shape index (κ3) is 3.16. The second-order valence-corrected chi connectivity index (χ2v) is 4.52. The molecule has 7 nitrogen and oxygen atoms in total. The molecule has 2 N–H and O–H groups in total. The fraction of sp³-hybridized carbons (Fsp3) is 0.500. The van der Waals surface area contributed by atoms with E-state index in [0.29, 0.717) is 29.9 Å². The second kappa shape index (κ2) is 6.51. The van der Waals surface area contributed by atoms with E-state index in [4.69, 9.17) is 11.6 Å². The van der Waals surface area contributed by atoms with Crippen LogP contribution in [0.2, 0.25) is 5.28 Å². The molecule has 8 heteroatoms. The number of rotatable bonds is 6. The maximum Gasteiger partial charge on any atom is 0.226 e. The fourth-order valence-corrected chi connectivity index (χ4v) is 2.12. The summed E-state index contributed by atoms with van der Waals surface area (Å²) in [5, 5.41) is 3.22. The number of aromatic amines is 1. The maximum atomic E-state index is 11.9. The average molecular weight is 297 g/mol. The van der Waals surface area contributed by atoms with E-state index in [1.165, 1.54) is 6.33 Å². The van der Waals surface area contributed by atoms with Gasteiger partial charge in [-0.05, 0) is 25.4 Å². The van der Waals surface area contributed by atoms with Crippen LogP contribution in [0, 0.1) is 0 Å². The summed E-state index contributed by atoms with van der Waals surface area (Å²) in [6.45, 7) is 5.86. The number of halogens is 1. The van der Waals surface area contributed by atoms with Gasteiger partial charge in [0.1, 0.15) is 5.52 Å². The van der Waals surface area contributed by atoms with Gasteiger partial charge in [0.2, 0.25) is 11.2 Å². The highest BCUT2D eigenvalue weighted by Crippen LogP contribution is 2.18. The first-order valence-corrected chi connectivity index (χ1v) is 6.91. The number of nitrogens with zero attached hydrogens (tertiary/aromatic N) is 4. The zero-order chi connectivity index (χ0) is 14.5. The van der Waals surface area contributed by atoms with Gasteiger partial charge in [-0.2, -0.15) is 9.97 Å². The molecule has 0 aromatic carbocycles. The highest BCUT2D eigenvalue weighted by atomic mass is 35.5. The molecule has 0 aliphatic heterocycles. The number of hydrogen-bond donors (Lipinski definition) is 2. The lowest BCUT2D eigenvalue weighted by molar-refractivity contribution is -0.130. The first-order valence-electron chi connectivity index (χ1n) is 6.54. The van der Waals surface area contributed by atoms with Crippen molar-refractivity contribution in [2.24, 2.45) is 0 Å². The van der Waals surface area contributed by atoms with Gasteiger partial charge >= 0.3 is 0 Å². The monoisotopic (exact) mass is 296 g/mol. The smallest absolute Gasteiger partial charge is 0.226 e. The molecule has 0 fully saturated rings. The van der Waals surface area contributed by atoms with Crippen molar-refractivity contribution in [3.63, 3.8) is 0 Å². The van der Waals surface area contributed by atoms with Crippen LogP contribution in [0.25, 0.3) is 11.2 Å². The summed E-state index contributed by atoms with van der Waals surface area (Å²) in [4.78, 5) is 28.7. The molecule has 0 aliphatic carbocycles. The number of imidazole rings is 1. The molecule has 2 aromatic heterocycles. The summed E-state index contributed by atoms with van der Waals surface area (Å²) in [6, 6.07) is 0. The zero-order valence-electron chi connectivity index (χ0n) is 11.5. The Kier molecular flexibility index (Phi) is 4.73. The molecule has 2 heterocycles. The molecule has 0 aliphatic rings. The fourth-order valence-electron chi connectivity index (χ4n) is 1.96. The van der Waals surface area contributed by atoms with Crippen molar-refractivity contribution in [3.8, 4) is 0 Å². The van der Waals surface area contributed by atoms with Crippen LogP contribution in [0.4, 0.5) is 5.82 Å². The second-order valence-electron chi connectivity index (χ2n) is 4.19. The van der Waals surface area contributed by atoms with Crippen LogP contribution in [0.1, 0.15) is 20.3 Å². The maximum absolute atomic E-state index is 11.9. The molecule has 0 unspecified atom stereocenters. The van der Waals surface area contributed by atoms with Crippen molar-refractivity contribution < 1.29 is 4.79 Å². The van der Waals surface area contributed by atoms with Gasteiger partial charge in [0.05, 0.1) is 6.33 Å². The van der Waals surface area contributed by atoms with Gasteiger partial charge in [0.15, 0.2) is 11.5 Å². The van der Waals surface area contributed by atoms with Gasteiger partial charge < -0.3 is 15.2 Å². The summed E-state index contributed by atoms with van der Waals surface area (Å²) in [5.74, 6) is 0.674. The number of carbonyl (C=O) groups excluding carboxylic acids is 1. The van der Waals surface area contributed by atoms with Crippen molar-refractivity contribution in [3.05, 3.63) is 11.6 Å². The Bertz CT molecular complexity index is 595. The number of anilines is 1. The van der Waals surface area contributed by atoms with Crippen LogP contribution in [0.15, 0.2) is 6.33 Å². The number of hydrogen-bond acceptors (Lipinski definition) is 5. The van der Waals surface area contributed by atoms with E-state index in [-0.39, 0.29) is 11.2 Å². The first-order chi connectivity index (χ1) is 9.65. The largest absolute Gasteiger partial charge is 0.368 e. The van der Waals surface area contributed by atoms with Gasteiger partial charge in [0.25, 0.3) is 0 Å². The number of nitrogens with one attached hydrogen (secondary N) is 2. The lowest BCUT2D eigenvalue weighted by Gasteiger charge is -2.18. The molecule has 0 saturated carbocycles. The number of aromatic nitrogens is 4. The Morgan fingerprint density at radius 2 is 2.15 bits per heavy atom. The van der Waals surface area contributed by atoms with Crippen LogP contribution in [0.3, 0.4) is 0 Å². The van der Waals surface area contributed by atoms with Crippen LogP contribution in [-0.2, 0) is 4.79 Å². The third-order valence-corrected chi connectivity index (χ3v) is 3.17. The van der Waals surface area contributed by atoms with Crippen LogP contribution in [-0.4, -0.2) is 50.4 Å². The Morgan fingerprint density at radius 1 is 1.40 bits per heavy atom. The number of amides is 1. The molecule has 0 spiro atoms. The lowest BCUT2D eigenvalue weighted by Crippen LogP contribution is -2.31. The molecular weight excluding hydrogens is 280 g/mol. The molecule has 1 amide bonds. The SMILES string of the molecule is CCN(CC)C(=O)CCNc1nc(Cl)nc2nc[nH]c12. The van der Waals surface area contributed by atoms with E-state index in [1.807, 2.05) is 13.8 Å². The summed E-state index contributed by atoms with van der Waals surface area (Å²) < 4.78 is 0. The number of fused-ring (bicyclic) bond motifs is 1. The van der Waals surface area contributed by atoms with E-state index >= 15 is 0 Å². The third-order valence-electron chi connectivity index (χ3n) is 3.01. The zero-order valence-corrected chi connectivity index (χ0v) is 12.2. The predicted molar refractivity (Wildman–Crippen MR) is 77.7 cm³/mol. The van der Waals surface area contributed by atoms with Crippen molar-refractivity contribution in [1.29, 1.82) is 0 Å². The first kappa shape index (κ1) is 14.5. The van der Waals surface area contributed by atoms with Gasteiger partial charge in [0, 0.05) is 26.1 Å². The molecule has 108 valence electrons. The Hall–Kier alpha value is -1.89. The molecule has 2 aromatic rings. The topological polar surface area (TPSA) is 86.8 Å². The van der Waals surface area contributed by atoms with E-state index in [9.17, 15) is 4.79 Å². The van der Waals surface area contributed by atoms with Crippen molar-refractivity contribution >= 4 is 34.5 Å². The molecule has 2 rings (SSSR count). The molecule has 0 bridgehead atoms. The summed E-state index contributed by atoms with van der Waals surface area (Å²) in [7, 11) is 0. The number of carbonyl (C=O) groups is 1. The van der Waals surface area contributed by atoms with Crippen molar-refractivity contribution in [2.75, 3.05) is 25.0 Å². The lowest BCUT2D eigenvalue weighted by atomic mass is 10.3. The minimum atomic E-state index is 0.114. The standard InChI is InChI=1S/C12H17ClN6O/c1-3-19(4-2)8(20)5-6-14-10-9-11(16-7-15-9)18-12(13)17-10/h7H,3-6H2,1-2H3,(H2,14,15,16,17,18). The minimum Gasteiger partial charge on any atom is -0.368 e. The van der Waals surface area contributed by atoms with Gasteiger partial charge in [-0.15, -0.1) is 0 Å². The van der Waals surface area contributed by atoms with Crippen LogP contribution < -0.4 is 5.32 Å². The Balaban J connectivity index is 1.99. The van der Waals surface area contributed by atoms with Crippen LogP contribution >= 0.6 is 11.6 Å².